The lowest BCUT2D eigenvalue weighted by molar-refractivity contribution is -0.694. The summed E-state index contributed by atoms with van der Waals surface area (Å²) in [7, 11) is 0. The summed E-state index contributed by atoms with van der Waals surface area (Å²) in [6.07, 6.45) is 3.93. The predicted molar refractivity (Wildman–Crippen MR) is 57.1 cm³/mol. The van der Waals surface area contributed by atoms with Gasteiger partial charge in [-0.2, -0.15) is 4.57 Å². The van der Waals surface area contributed by atoms with Crippen molar-refractivity contribution < 1.29 is 4.57 Å². The maximum atomic E-state index is 6.29. The molecule has 0 aliphatic heterocycles. The Kier molecular flexibility index (Phi) is 2.80. The fourth-order valence-corrected chi connectivity index (χ4v) is 1.62. The van der Waals surface area contributed by atoms with E-state index in [2.05, 4.69) is 0 Å². The summed E-state index contributed by atoms with van der Waals surface area (Å²) >= 11 is 6.29. The summed E-state index contributed by atoms with van der Waals surface area (Å²) in [5.74, 6) is 0. The van der Waals surface area contributed by atoms with Gasteiger partial charge < -0.3 is 0 Å². The second kappa shape index (κ2) is 4.25. The SMILES string of the molecule is ClC(c1ccccc1)[n+]1ccccc1. The van der Waals surface area contributed by atoms with Gasteiger partial charge in [0.1, 0.15) is 0 Å². The molecule has 70 valence electrons. The van der Waals surface area contributed by atoms with E-state index in [0.717, 1.165) is 5.56 Å². The smallest absolute Gasteiger partial charge is 0.184 e. The first-order valence-corrected chi connectivity index (χ1v) is 4.96. The van der Waals surface area contributed by atoms with Crippen LogP contribution in [0.25, 0.3) is 0 Å². The molecular weight excluding hydrogens is 194 g/mol. The van der Waals surface area contributed by atoms with Crippen LogP contribution < -0.4 is 4.57 Å². The number of halogens is 1. The summed E-state index contributed by atoms with van der Waals surface area (Å²) in [6.45, 7) is 0. The molecule has 2 rings (SSSR count). The maximum Gasteiger partial charge on any atom is 0.258 e. The monoisotopic (exact) mass is 204 g/mol. The predicted octanol–water partition coefficient (Wildman–Crippen LogP) is 2.76. The topological polar surface area (TPSA) is 3.88 Å². The quantitative estimate of drug-likeness (QED) is 0.523. The van der Waals surface area contributed by atoms with Gasteiger partial charge in [-0.3, -0.25) is 0 Å². The van der Waals surface area contributed by atoms with Gasteiger partial charge >= 0.3 is 0 Å². The van der Waals surface area contributed by atoms with Crippen LogP contribution in [0, 0.1) is 0 Å². The summed E-state index contributed by atoms with van der Waals surface area (Å²) < 4.78 is 1.97. The Hall–Kier alpha value is -1.34. The van der Waals surface area contributed by atoms with Crippen LogP contribution >= 0.6 is 11.6 Å². The van der Waals surface area contributed by atoms with Gasteiger partial charge in [0.05, 0.1) is 0 Å². The van der Waals surface area contributed by atoms with Crippen LogP contribution in [0.5, 0.6) is 0 Å². The molecule has 1 aromatic carbocycles. The van der Waals surface area contributed by atoms with E-state index in [-0.39, 0.29) is 5.50 Å². The number of pyridine rings is 1. The molecule has 0 spiro atoms. The average molecular weight is 205 g/mol. The third-order valence-corrected chi connectivity index (χ3v) is 2.55. The maximum absolute atomic E-state index is 6.29. The number of alkyl halides is 1. The van der Waals surface area contributed by atoms with Gasteiger partial charge in [0.25, 0.3) is 5.50 Å². The zero-order chi connectivity index (χ0) is 9.80. The fourth-order valence-electron chi connectivity index (χ4n) is 1.35. The van der Waals surface area contributed by atoms with E-state index in [0.29, 0.717) is 0 Å². The Morgan fingerprint density at radius 2 is 1.43 bits per heavy atom. The lowest BCUT2D eigenvalue weighted by Crippen LogP contribution is -2.35. The number of hydrogen-bond donors (Lipinski definition) is 0. The molecule has 1 aromatic heterocycles. The van der Waals surface area contributed by atoms with Gasteiger partial charge in [-0.15, -0.1) is 0 Å². The van der Waals surface area contributed by atoms with Crippen molar-refractivity contribution in [3.63, 3.8) is 0 Å². The molecule has 0 N–H and O–H groups in total. The third kappa shape index (κ3) is 1.94. The van der Waals surface area contributed by atoms with E-state index in [1.165, 1.54) is 0 Å². The summed E-state index contributed by atoms with van der Waals surface area (Å²) in [4.78, 5) is 0. The highest BCUT2D eigenvalue weighted by Gasteiger charge is 2.15. The second-order valence-electron chi connectivity index (χ2n) is 3.07. The molecule has 1 atom stereocenters. The molecule has 2 heteroatoms. The molecule has 0 radical (unpaired) electrons. The Labute approximate surface area is 88.6 Å². The lowest BCUT2D eigenvalue weighted by Gasteiger charge is -2.03. The number of benzene rings is 1. The van der Waals surface area contributed by atoms with Crippen molar-refractivity contribution in [2.24, 2.45) is 0 Å². The highest BCUT2D eigenvalue weighted by molar-refractivity contribution is 6.19. The van der Waals surface area contributed by atoms with Crippen LogP contribution in [0.15, 0.2) is 60.9 Å². The van der Waals surface area contributed by atoms with E-state index >= 15 is 0 Å². The molecule has 0 saturated heterocycles. The van der Waals surface area contributed by atoms with Crippen LogP contribution in [0.2, 0.25) is 0 Å². The van der Waals surface area contributed by atoms with Crippen LogP contribution in [-0.4, -0.2) is 0 Å². The van der Waals surface area contributed by atoms with E-state index in [1.807, 2.05) is 65.5 Å². The lowest BCUT2D eigenvalue weighted by atomic mass is 10.2. The molecule has 1 nitrogen and oxygen atoms in total. The summed E-state index contributed by atoms with van der Waals surface area (Å²) in [5, 5.41) is 0. The normalized spacial score (nSPS) is 12.4. The van der Waals surface area contributed by atoms with Gasteiger partial charge in [-0.1, -0.05) is 36.4 Å². The highest BCUT2D eigenvalue weighted by atomic mass is 35.5. The number of hydrogen-bond acceptors (Lipinski definition) is 0. The van der Waals surface area contributed by atoms with Crippen molar-refractivity contribution >= 4 is 11.6 Å². The van der Waals surface area contributed by atoms with Crippen molar-refractivity contribution in [2.75, 3.05) is 0 Å². The highest BCUT2D eigenvalue weighted by Crippen LogP contribution is 2.15. The molecule has 0 bridgehead atoms. The molecule has 0 amide bonds. The van der Waals surface area contributed by atoms with E-state index < -0.39 is 0 Å². The minimum absolute atomic E-state index is 0.127. The van der Waals surface area contributed by atoms with E-state index in [1.54, 1.807) is 0 Å². The van der Waals surface area contributed by atoms with E-state index in [4.69, 9.17) is 11.6 Å². The standard InChI is InChI=1S/C12H11ClN/c13-12(11-7-3-1-4-8-11)14-9-5-2-6-10-14/h1-10,12H/q+1. The molecule has 1 unspecified atom stereocenters. The molecule has 0 fully saturated rings. The van der Waals surface area contributed by atoms with Crippen LogP contribution in [0.3, 0.4) is 0 Å². The first kappa shape index (κ1) is 9.22. The van der Waals surface area contributed by atoms with Crippen LogP contribution in [0.1, 0.15) is 11.1 Å². The molecular formula is C12H11ClN+. The van der Waals surface area contributed by atoms with Gasteiger partial charge in [0, 0.05) is 17.7 Å². The van der Waals surface area contributed by atoms with Crippen molar-refractivity contribution in [3.05, 3.63) is 66.5 Å². The largest absolute Gasteiger partial charge is 0.258 e. The van der Waals surface area contributed by atoms with Gasteiger partial charge in [0.2, 0.25) is 0 Å². The minimum Gasteiger partial charge on any atom is -0.184 e. The summed E-state index contributed by atoms with van der Waals surface area (Å²) in [5.41, 5.74) is 0.975. The number of rotatable bonds is 2. The zero-order valence-corrected chi connectivity index (χ0v) is 8.43. The molecule has 0 saturated carbocycles. The molecule has 0 aliphatic rings. The van der Waals surface area contributed by atoms with Gasteiger partial charge in [-0.25, -0.2) is 0 Å². The van der Waals surface area contributed by atoms with Gasteiger partial charge in [0.15, 0.2) is 12.4 Å². The number of nitrogens with zero attached hydrogens (tertiary/aromatic N) is 1. The summed E-state index contributed by atoms with van der Waals surface area (Å²) in [6, 6.07) is 15.9. The van der Waals surface area contributed by atoms with Crippen molar-refractivity contribution in [2.45, 2.75) is 5.50 Å². The third-order valence-electron chi connectivity index (χ3n) is 2.08. The Morgan fingerprint density at radius 3 is 2.07 bits per heavy atom. The first-order valence-electron chi connectivity index (χ1n) is 4.53. The zero-order valence-electron chi connectivity index (χ0n) is 7.68. The Morgan fingerprint density at radius 1 is 0.857 bits per heavy atom. The second-order valence-corrected chi connectivity index (χ2v) is 3.48. The fraction of sp³-hybridized carbons (Fsp3) is 0.0833. The number of aromatic nitrogens is 1. The Bertz CT molecular complexity index is 346. The van der Waals surface area contributed by atoms with E-state index in [9.17, 15) is 0 Å². The first-order chi connectivity index (χ1) is 6.88. The molecule has 2 aromatic rings. The van der Waals surface area contributed by atoms with Gasteiger partial charge in [-0.05, 0) is 11.6 Å². The molecule has 14 heavy (non-hydrogen) atoms. The van der Waals surface area contributed by atoms with Crippen LogP contribution in [0.4, 0.5) is 0 Å². The van der Waals surface area contributed by atoms with Crippen LogP contribution in [-0.2, 0) is 0 Å². The van der Waals surface area contributed by atoms with Crippen molar-refractivity contribution in [1.29, 1.82) is 0 Å². The molecule has 0 aliphatic carbocycles. The molecule has 1 heterocycles. The Balaban J connectivity index is 2.30. The van der Waals surface area contributed by atoms with Crippen molar-refractivity contribution in [3.8, 4) is 0 Å². The van der Waals surface area contributed by atoms with Crippen molar-refractivity contribution in [1.82, 2.24) is 0 Å². The average Bonchev–Trinajstić information content (AvgIpc) is 2.30. The minimum atomic E-state index is -0.127.